The molecule has 0 aromatic rings. The van der Waals surface area contributed by atoms with E-state index < -0.39 is 0 Å². The molecule has 19 heavy (non-hydrogen) atoms. The SMILES string of the molecule is CCCOC(=O)CCCOCCCC(=O)OCCC. The lowest BCUT2D eigenvalue weighted by molar-refractivity contribution is -0.144. The summed E-state index contributed by atoms with van der Waals surface area (Å²) in [4.78, 5) is 22.3. The largest absolute Gasteiger partial charge is 0.466 e. The van der Waals surface area contributed by atoms with Gasteiger partial charge in [-0.05, 0) is 25.7 Å². The predicted molar refractivity (Wildman–Crippen MR) is 71.8 cm³/mol. The molecule has 0 heterocycles. The van der Waals surface area contributed by atoms with Crippen LogP contribution in [0, 0.1) is 0 Å². The summed E-state index contributed by atoms with van der Waals surface area (Å²) in [7, 11) is 0. The van der Waals surface area contributed by atoms with Crippen molar-refractivity contribution in [2.75, 3.05) is 26.4 Å². The fraction of sp³-hybridized carbons (Fsp3) is 0.857. The van der Waals surface area contributed by atoms with Gasteiger partial charge in [0.15, 0.2) is 0 Å². The van der Waals surface area contributed by atoms with Gasteiger partial charge >= 0.3 is 11.9 Å². The van der Waals surface area contributed by atoms with Gasteiger partial charge in [0.25, 0.3) is 0 Å². The Labute approximate surface area is 115 Å². The van der Waals surface area contributed by atoms with Crippen molar-refractivity contribution < 1.29 is 23.8 Å². The van der Waals surface area contributed by atoms with Gasteiger partial charge in [0, 0.05) is 26.1 Å². The van der Waals surface area contributed by atoms with E-state index in [0.717, 1.165) is 12.8 Å². The number of ether oxygens (including phenoxy) is 3. The monoisotopic (exact) mass is 274 g/mol. The molecule has 0 N–H and O–H groups in total. The highest BCUT2D eigenvalue weighted by atomic mass is 16.5. The van der Waals surface area contributed by atoms with Crippen molar-refractivity contribution in [2.45, 2.75) is 52.4 Å². The molecule has 0 aromatic carbocycles. The fourth-order valence-corrected chi connectivity index (χ4v) is 1.32. The average Bonchev–Trinajstić information content (AvgIpc) is 2.41. The Bertz CT molecular complexity index is 216. The smallest absolute Gasteiger partial charge is 0.305 e. The highest BCUT2D eigenvalue weighted by Gasteiger charge is 2.03. The Kier molecular flexibility index (Phi) is 12.6. The third kappa shape index (κ3) is 13.1. The Morgan fingerprint density at radius 3 is 1.53 bits per heavy atom. The predicted octanol–water partition coefficient (Wildman–Crippen LogP) is 2.47. The lowest BCUT2D eigenvalue weighted by Crippen LogP contribution is -2.08. The van der Waals surface area contributed by atoms with Crippen LogP contribution in [-0.2, 0) is 23.8 Å². The van der Waals surface area contributed by atoms with Gasteiger partial charge in [-0.1, -0.05) is 13.8 Å². The molecule has 0 spiro atoms. The maximum atomic E-state index is 11.1. The van der Waals surface area contributed by atoms with Gasteiger partial charge in [-0.15, -0.1) is 0 Å². The van der Waals surface area contributed by atoms with Gasteiger partial charge in [-0.2, -0.15) is 0 Å². The van der Waals surface area contributed by atoms with E-state index in [0.29, 0.717) is 52.1 Å². The number of esters is 2. The molecule has 0 fully saturated rings. The summed E-state index contributed by atoms with van der Waals surface area (Å²) in [6, 6.07) is 0. The zero-order chi connectivity index (χ0) is 14.3. The van der Waals surface area contributed by atoms with Crippen molar-refractivity contribution in [1.29, 1.82) is 0 Å². The minimum atomic E-state index is -0.173. The van der Waals surface area contributed by atoms with Crippen LogP contribution in [0.4, 0.5) is 0 Å². The highest BCUT2D eigenvalue weighted by molar-refractivity contribution is 5.69. The minimum Gasteiger partial charge on any atom is -0.466 e. The summed E-state index contributed by atoms with van der Waals surface area (Å²) in [5.41, 5.74) is 0. The molecule has 0 saturated heterocycles. The van der Waals surface area contributed by atoms with Crippen molar-refractivity contribution >= 4 is 11.9 Å². The lowest BCUT2D eigenvalue weighted by atomic mass is 10.3. The Morgan fingerprint density at radius 2 is 1.16 bits per heavy atom. The normalized spacial score (nSPS) is 10.2. The first-order valence-electron chi connectivity index (χ1n) is 7.09. The van der Waals surface area contributed by atoms with Crippen LogP contribution in [0.2, 0.25) is 0 Å². The van der Waals surface area contributed by atoms with Crippen molar-refractivity contribution in [3.05, 3.63) is 0 Å². The van der Waals surface area contributed by atoms with Crippen molar-refractivity contribution in [3.63, 3.8) is 0 Å². The zero-order valence-corrected chi connectivity index (χ0v) is 12.1. The second-order valence-corrected chi connectivity index (χ2v) is 4.26. The third-order valence-electron chi connectivity index (χ3n) is 2.27. The summed E-state index contributed by atoms with van der Waals surface area (Å²) in [5, 5.41) is 0. The molecule has 0 unspecified atom stereocenters. The zero-order valence-electron chi connectivity index (χ0n) is 12.1. The molecule has 0 aliphatic heterocycles. The van der Waals surface area contributed by atoms with E-state index in [9.17, 15) is 9.59 Å². The molecule has 0 saturated carbocycles. The van der Waals surface area contributed by atoms with E-state index in [2.05, 4.69) is 0 Å². The standard InChI is InChI=1S/C14H26O5/c1-3-9-18-13(15)7-5-11-17-12-6-8-14(16)19-10-4-2/h3-12H2,1-2H3. The highest BCUT2D eigenvalue weighted by Crippen LogP contribution is 1.98. The molecule has 0 aromatic heterocycles. The Balaban J connectivity index is 3.22. The van der Waals surface area contributed by atoms with Gasteiger partial charge in [0.05, 0.1) is 13.2 Å². The number of carbonyl (C=O) groups is 2. The summed E-state index contributed by atoms with van der Waals surface area (Å²) in [6.07, 6.45) is 3.77. The van der Waals surface area contributed by atoms with Crippen LogP contribution in [0.25, 0.3) is 0 Å². The van der Waals surface area contributed by atoms with Crippen molar-refractivity contribution in [3.8, 4) is 0 Å². The number of hydrogen-bond acceptors (Lipinski definition) is 5. The third-order valence-corrected chi connectivity index (χ3v) is 2.27. The van der Waals surface area contributed by atoms with Crippen molar-refractivity contribution in [2.24, 2.45) is 0 Å². The second-order valence-electron chi connectivity index (χ2n) is 4.26. The van der Waals surface area contributed by atoms with Gasteiger partial charge < -0.3 is 14.2 Å². The average molecular weight is 274 g/mol. The Morgan fingerprint density at radius 1 is 0.737 bits per heavy atom. The van der Waals surface area contributed by atoms with E-state index in [1.54, 1.807) is 0 Å². The maximum Gasteiger partial charge on any atom is 0.305 e. The number of rotatable bonds is 12. The van der Waals surface area contributed by atoms with E-state index >= 15 is 0 Å². The first-order valence-corrected chi connectivity index (χ1v) is 7.09. The lowest BCUT2D eigenvalue weighted by Gasteiger charge is -2.05. The van der Waals surface area contributed by atoms with E-state index in [1.807, 2.05) is 13.8 Å². The molecule has 0 aliphatic rings. The summed E-state index contributed by atoms with van der Waals surface area (Å²) < 4.78 is 15.2. The fourth-order valence-electron chi connectivity index (χ4n) is 1.32. The van der Waals surface area contributed by atoms with E-state index in [-0.39, 0.29) is 11.9 Å². The van der Waals surface area contributed by atoms with E-state index in [1.165, 1.54) is 0 Å². The molecule has 0 aliphatic carbocycles. The molecule has 0 amide bonds. The number of carbonyl (C=O) groups excluding carboxylic acids is 2. The van der Waals surface area contributed by atoms with Gasteiger partial charge in [0.2, 0.25) is 0 Å². The van der Waals surface area contributed by atoms with Crippen LogP contribution in [0.1, 0.15) is 52.4 Å². The van der Waals surface area contributed by atoms with Gasteiger partial charge in [0.1, 0.15) is 0 Å². The molecule has 0 atom stereocenters. The Hall–Kier alpha value is -1.10. The van der Waals surface area contributed by atoms with Crippen LogP contribution in [-0.4, -0.2) is 38.4 Å². The molecular formula is C14H26O5. The molecule has 0 bridgehead atoms. The molecule has 112 valence electrons. The van der Waals surface area contributed by atoms with Crippen LogP contribution >= 0.6 is 0 Å². The van der Waals surface area contributed by atoms with Crippen LogP contribution in [0.5, 0.6) is 0 Å². The minimum absolute atomic E-state index is 0.173. The quantitative estimate of drug-likeness (QED) is 0.404. The maximum absolute atomic E-state index is 11.1. The van der Waals surface area contributed by atoms with Crippen molar-refractivity contribution in [1.82, 2.24) is 0 Å². The molecule has 0 radical (unpaired) electrons. The van der Waals surface area contributed by atoms with Crippen LogP contribution in [0.15, 0.2) is 0 Å². The first kappa shape index (κ1) is 17.9. The van der Waals surface area contributed by atoms with Gasteiger partial charge in [-0.25, -0.2) is 0 Å². The molecule has 5 heteroatoms. The second kappa shape index (κ2) is 13.3. The summed E-state index contributed by atoms with van der Waals surface area (Å²) in [5.74, 6) is -0.345. The molecular weight excluding hydrogens is 248 g/mol. The van der Waals surface area contributed by atoms with Gasteiger partial charge in [-0.3, -0.25) is 9.59 Å². The summed E-state index contributed by atoms with van der Waals surface area (Å²) >= 11 is 0. The molecule has 0 rings (SSSR count). The van der Waals surface area contributed by atoms with Crippen LogP contribution < -0.4 is 0 Å². The number of hydrogen-bond donors (Lipinski definition) is 0. The topological polar surface area (TPSA) is 61.8 Å². The van der Waals surface area contributed by atoms with Crippen LogP contribution in [0.3, 0.4) is 0 Å². The molecule has 5 nitrogen and oxygen atoms in total. The van der Waals surface area contributed by atoms with E-state index in [4.69, 9.17) is 14.2 Å². The summed E-state index contributed by atoms with van der Waals surface area (Å²) in [6.45, 7) is 5.93. The first-order chi connectivity index (χ1) is 9.20.